The molecule has 0 saturated heterocycles. The molecule has 1 aliphatic heterocycles. The zero-order chi connectivity index (χ0) is 21.9. The third-order valence-corrected chi connectivity index (χ3v) is 4.56. The monoisotopic (exact) mass is 422 g/mol. The lowest BCUT2D eigenvalue weighted by molar-refractivity contribution is -0.139. The van der Waals surface area contributed by atoms with E-state index in [9.17, 15) is 22.8 Å². The summed E-state index contributed by atoms with van der Waals surface area (Å²) in [5.41, 5.74) is -0.401. The fraction of sp³-hybridized carbons (Fsp3) is 0.333. The van der Waals surface area contributed by atoms with Gasteiger partial charge in [0.05, 0.1) is 17.7 Å². The van der Waals surface area contributed by atoms with E-state index in [1.165, 1.54) is 30.3 Å². The van der Waals surface area contributed by atoms with Gasteiger partial charge in [-0.1, -0.05) is 31.5 Å². The van der Waals surface area contributed by atoms with Gasteiger partial charge in [0, 0.05) is 11.3 Å². The fourth-order valence-corrected chi connectivity index (χ4v) is 3.33. The minimum absolute atomic E-state index is 0.0223. The largest absolute Gasteiger partial charge is 0.463 e. The molecule has 1 unspecified atom stereocenters. The van der Waals surface area contributed by atoms with Crippen LogP contribution >= 0.6 is 0 Å². The van der Waals surface area contributed by atoms with Gasteiger partial charge in [-0.15, -0.1) is 0 Å². The number of halogens is 3. The van der Waals surface area contributed by atoms with Gasteiger partial charge in [0.2, 0.25) is 0 Å². The summed E-state index contributed by atoms with van der Waals surface area (Å²) in [6.45, 7) is 3.67. The molecule has 0 bridgehead atoms. The number of carbonyl (C=O) groups is 2. The summed E-state index contributed by atoms with van der Waals surface area (Å²) < 4.78 is 50.9. The summed E-state index contributed by atoms with van der Waals surface area (Å²) in [5.74, 6) is -0.522. The summed E-state index contributed by atoms with van der Waals surface area (Å²) in [6.07, 6.45) is -3.48. The molecule has 0 spiro atoms. The number of esters is 1. The predicted octanol–water partition coefficient (Wildman–Crippen LogP) is 4.94. The SMILES string of the molecule is CCCC1=C(C(=O)OCC)C(c2ccc(-c3ccccc3C(F)(F)F)o2)NC(=O)N1. The van der Waals surface area contributed by atoms with Crippen LogP contribution < -0.4 is 10.6 Å². The molecule has 160 valence electrons. The van der Waals surface area contributed by atoms with E-state index in [1.807, 2.05) is 6.92 Å². The number of alkyl halides is 3. The van der Waals surface area contributed by atoms with E-state index in [1.54, 1.807) is 6.92 Å². The summed E-state index contributed by atoms with van der Waals surface area (Å²) in [4.78, 5) is 24.7. The van der Waals surface area contributed by atoms with Gasteiger partial charge in [0.15, 0.2) is 0 Å². The van der Waals surface area contributed by atoms with Crippen molar-refractivity contribution < 1.29 is 31.9 Å². The number of urea groups is 1. The summed E-state index contributed by atoms with van der Waals surface area (Å²) in [5, 5.41) is 5.21. The fourth-order valence-electron chi connectivity index (χ4n) is 3.33. The molecule has 1 atom stereocenters. The van der Waals surface area contributed by atoms with Crippen LogP contribution in [0.5, 0.6) is 0 Å². The van der Waals surface area contributed by atoms with E-state index in [4.69, 9.17) is 9.15 Å². The van der Waals surface area contributed by atoms with Crippen LogP contribution in [-0.4, -0.2) is 18.6 Å². The number of allylic oxidation sites excluding steroid dienone is 1. The Hall–Kier alpha value is -3.23. The van der Waals surface area contributed by atoms with Gasteiger partial charge in [-0.2, -0.15) is 13.2 Å². The first-order valence-corrected chi connectivity index (χ1v) is 9.50. The molecule has 9 heteroatoms. The van der Waals surface area contributed by atoms with E-state index in [2.05, 4.69) is 10.6 Å². The maximum Gasteiger partial charge on any atom is 0.417 e. The molecule has 0 aliphatic carbocycles. The molecule has 3 rings (SSSR count). The standard InChI is InChI=1S/C21H21F3N2O4/c1-3-7-14-17(19(27)29-4-2)18(26-20(28)25-14)16-11-10-15(30-16)12-8-5-6-9-13(12)21(22,23)24/h5-6,8-11,18H,3-4,7H2,1-2H3,(H2,25,26,28). The van der Waals surface area contributed by atoms with Crippen LogP contribution in [0, 0.1) is 0 Å². The molecule has 30 heavy (non-hydrogen) atoms. The summed E-state index contributed by atoms with van der Waals surface area (Å²) in [6, 6.07) is 6.35. The smallest absolute Gasteiger partial charge is 0.417 e. The predicted molar refractivity (Wildman–Crippen MR) is 102 cm³/mol. The Morgan fingerprint density at radius 3 is 2.57 bits per heavy atom. The maximum atomic E-state index is 13.4. The second-order valence-corrected chi connectivity index (χ2v) is 6.64. The zero-order valence-electron chi connectivity index (χ0n) is 16.4. The van der Waals surface area contributed by atoms with E-state index in [-0.39, 0.29) is 29.3 Å². The number of hydrogen-bond acceptors (Lipinski definition) is 4. The average Bonchev–Trinajstić information content (AvgIpc) is 3.17. The van der Waals surface area contributed by atoms with Crippen molar-refractivity contribution in [2.75, 3.05) is 6.61 Å². The Labute approximate surface area is 171 Å². The molecule has 2 amide bonds. The molecule has 0 saturated carbocycles. The maximum absolute atomic E-state index is 13.4. The van der Waals surface area contributed by atoms with E-state index < -0.39 is 29.8 Å². The first-order chi connectivity index (χ1) is 14.3. The van der Waals surface area contributed by atoms with Gasteiger partial charge < -0.3 is 19.8 Å². The third kappa shape index (κ3) is 4.34. The van der Waals surface area contributed by atoms with Gasteiger partial charge in [0.25, 0.3) is 0 Å². The number of hydrogen-bond donors (Lipinski definition) is 2. The molecular weight excluding hydrogens is 401 g/mol. The number of nitrogens with one attached hydrogen (secondary N) is 2. The van der Waals surface area contributed by atoms with Crippen LogP contribution in [0.1, 0.15) is 44.1 Å². The highest BCUT2D eigenvalue weighted by molar-refractivity contribution is 5.95. The molecule has 2 aromatic rings. The summed E-state index contributed by atoms with van der Waals surface area (Å²) in [7, 11) is 0. The lowest BCUT2D eigenvalue weighted by Crippen LogP contribution is -2.45. The normalized spacial score (nSPS) is 16.8. The first kappa shape index (κ1) is 21.5. The minimum Gasteiger partial charge on any atom is -0.463 e. The minimum atomic E-state index is -4.56. The third-order valence-electron chi connectivity index (χ3n) is 4.56. The van der Waals surface area contributed by atoms with Gasteiger partial charge in [0.1, 0.15) is 17.6 Å². The molecule has 1 aromatic heterocycles. The second kappa shape index (κ2) is 8.64. The highest BCUT2D eigenvalue weighted by atomic mass is 19.4. The van der Waals surface area contributed by atoms with Crippen molar-refractivity contribution in [3.05, 3.63) is 59.0 Å². The molecule has 1 aromatic carbocycles. The van der Waals surface area contributed by atoms with Crippen molar-refractivity contribution in [3.63, 3.8) is 0 Å². The Bertz CT molecular complexity index is 979. The van der Waals surface area contributed by atoms with E-state index in [0.717, 1.165) is 6.07 Å². The van der Waals surface area contributed by atoms with Crippen molar-refractivity contribution in [3.8, 4) is 11.3 Å². The van der Waals surface area contributed by atoms with Gasteiger partial charge in [-0.3, -0.25) is 0 Å². The van der Waals surface area contributed by atoms with Crippen LogP contribution in [0.2, 0.25) is 0 Å². The van der Waals surface area contributed by atoms with Crippen molar-refractivity contribution in [2.45, 2.75) is 38.9 Å². The van der Waals surface area contributed by atoms with Crippen molar-refractivity contribution in [2.24, 2.45) is 0 Å². The van der Waals surface area contributed by atoms with Crippen LogP contribution in [-0.2, 0) is 15.7 Å². The van der Waals surface area contributed by atoms with Crippen LogP contribution in [0.4, 0.5) is 18.0 Å². The highest BCUT2D eigenvalue weighted by Gasteiger charge is 2.37. The van der Waals surface area contributed by atoms with E-state index >= 15 is 0 Å². The van der Waals surface area contributed by atoms with Crippen LogP contribution in [0.3, 0.4) is 0 Å². The Morgan fingerprint density at radius 1 is 1.17 bits per heavy atom. The number of furan rings is 1. The number of ether oxygens (including phenoxy) is 1. The molecule has 0 fully saturated rings. The molecule has 6 nitrogen and oxygen atoms in total. The molecule has 1 aliphatic rings. The van der Waals surface area contributed by atoms with Crippen molar-refractivity contribution >= 4 is 12.0 Å². The lowest BCUT2D eigenvalue weighted by atomic mass is 9.98. The van der Waals surface area contributed by atoms with Crippen molar-refractivity contribution in [1.29, 1.82) is 0 Å². The quantitative estimate of drug-likeness (QED) is 0.647. The Balaban J connectivity index is 2.06. The molecule has 0 radical (unpaired) electrons. The second-order valence-electron chi connectivity index (χ2n) is 6.64. The number of amides is 2. The first-order valence-electron chi connectivity index (χ1n) is 9.50. The van der Waals surface area contributed by atoms with Crippen molar-refractivity contribution in [1.82, 2.24) is 10.6 Å². The van der Waals surface area contributed by atoms with Gasteiger partial charge in [-0.05, 0) is 31.5 Å². The summed E-state index contributed by atoms with van der Waals surface area (Å²) >= 11 is 0. The van der Waals surface area contributed by atoms with E-state index in [0.29, 0.717) is 18.5 Å². The van der Waals surface area contributed by atoms with Crippen LogP contribution in [0.15, 0.2) is 52.1 Å². The van der Waals surface area contributed by atoms with Crippen LogP contribution in [0.25, 0.3) is 11.3 Å². The zero-order valence-corrected chi connectivity index (χ0v) is 16.4. The molecule has 2 N–H and O–H groups in total. The lowest BCUT2D eigenvalue weighted by Gasteiger charge is -2.27. The number of benzene rings is 1. The van der Waals surface area contributed by atoms with Gasteiger partial charge >= 0.3 is 18.2 Å². The Morgan fingerprint density at radius 2 is 1.90 bits per heavy atom. The topological polar surface area (TPSA) is 80.6 Å². The molecular formula is C21H21F3N2O4. The number of carbonyl (C=O) groups excluding carboxylic acids is 2. The number of rotatable bonds is 6. The highest BCUT2D eigenvalue weighted by Crippen LogP contribution is 2.39. The average molecular weight is 422 g/mol. The Kier molecular flexibility index (Phi) is 6.19. The molecule has 2 heterocycles. The van der Waals surface area contributed by atoms with Gasteiger partial charge in [-0.25, -0.2) is 9.59 Å².